The zero-order valence-corrected chi connectivity index (χ0v) is 11.6. The van der Waals surface area contributed by atoms with Crippen LogP contribution in [0.25, 0.3) is 10.9 Å². The van der Waals surface area contributed by atoms with Crippen LogP contribution in [0, 0.1) is 11.8 Å². The number of aromatic amines is 1. The number of para-hydroxylation sites is 1. The third kappa shape index (κ3) is 1.55. The van der Waals surface area contributed by atoms with Crippen LogP contribution in [0.5, 0.6) is 0 Å². The van der Waals surface area contributed by atoms with Gasteiger partial charge in [-0.05, 0) is 17.5 Å². The monoisotopic (exact) mass is 284 g/mol. The zero-order chi connectivity index (χ0) is 14.7. The number of piperidine rings is 1. The van der Waals surface area contributed by atoms with Crippen LogP contribution in [0.1, 0.15) is 28.9 Å². The zero-order valence-electron chi connectivity index (χ0n) is 11.6. The van der Waals surface area contributed by atoms with Gasteiger partial charge < -0.3 is 15.4 Å². The van der Waals surface area contributed by atoms with Crippen molar-refractivity contribution in [1.29, 1.82) is 0 Å². The predicted octanol–water partition coefficient (Wildman–Crippen LogP) is 1.19. The summed E-state index contributed by atoms with van der Waals surface area (Å²) in [6.45, 7) is 2.11. The number of hydrogen-bond donors (Lipinski definition) is 3. The van der Waals surface area contributed by atoms with E-state index in [0.29, 0.717) is 5.69 Å². The molecule has 0 bridgehead atoms. The van der Waals surface area contributed by atoms with Gasteiger partial charge in [-0.25, -0.2) is 0 Å². The second-order valence-electron chi connectivity index (χ2n) is 5.98. The molecule has 2 heterocycles. The van der Waals surface area contributed by atoms with Crippen molar-refractivity contribution in [3.8, 4) is 0 Å². The van der Waals surface area contributed by atoms with E-state index in [1.807, 2.05) is 31.2 Å². The van der Waals surface area contributed by atoms with Crippen LogP contribution in [-0.4, -0.2) is 34.4 Å². The maximum Gasteiger partial charge on any atom is 0.224 e. The lowest BCUT2D eigenvalue weighted by molar-refractivity contribution is -0.132. The van der Waals surface area contributed by atoms with Crippen molar-refractivity contribution in [2.75, 3.05) is 6.54 Å². The summed E-state index contributed by atoms with van der Waals surface area (Å²) < 4.78 is 0. The van der Waals surface area contributed by atoms with Crippen LogP contribution in [0.2, 0.25) is 0 Å². The number of aliphatic hydroxyl groups excluding tert-OH is 1. The Morgan fingerprint density at radius 2 is 1.95 bits per heavy atom. The molecule has 0 spiro atoms. The highest BCUT2D eigenvalue weighted by atomic mass is 16.3. The standard InChI is InChI=1S/C16H16N2O3/c1-7-11-8-4-2-3-5-9(8)18-14(11)15(20)13-10(19)6-17-16(21)12(7)13/h2-5,7,10,12-13,18-19H,6H2,1H3,(H,17,21). The molecule has 4 atom stereocenters. The van der Waals surface area contributed by atoms with E-state index in [2.05, 4.69) is 10.3 Å². The number of nitrogens with one attached hydrogen (secondary N) is 2. The molecule has 1 aliphatic carbocycles. The Kier molecular flexibility index (Phi) is 2.50. The molecule has 1 aliphatic heterocycles. The van der Waals surface area contributed by atoms with Gasteiger partial charge in [-0.3, -0.25) is 9.59 Å². The molecule has 2 aromatic rings. The van der Waals surface area contributed by atoms with Crippen LogP contribution < -0.4 is 5.32 Å². The summed E-state index contributed by atoms with van der Waals surface area (Å²) in [6, 6.07) is 7.73. The molecule has 5 heteroatoms. The molecule has 21 heavy (non-hydrogen) atoms. The van der Waals surface area contributed by atoms with E-state index in [1.165, 1.54) is 0 Å². The van der Waals surface area contributed by atoms with Crippen molar-refractivity contribution in [2.24, 2.45) is 11.8 Å². The normalized spacial score (nSPS) is 31.7. The summed E-state index contributed by atoms with van der Waals surface area (Å²) in [4.78, 5) is 28.1. The molecular weight excluding hydrogens is 268 g/mol. The van der Waals surface area contributed by atoms with Crippen LogP contribution in [0.3, 0.4) is 0 Å². The van der Waals surface area contributed by atoms with Crippen LogP contribution >= 0.6 is 0 Å². The molecule has 1 saturated heterocycles. The number of ketones is 1. The minimum atomic E-state index is -0.817. The van der Waals surface area contributed by atoms with E-state index >= 15 is 0 Å². The van der Waals surface area contributed by atoms with Gasteiger partial charge in [-0.2, -0.15) is 0 Å². The van der Waals surface area contributed by atoms with Gasteiger partial charge in [-0.1, -0.05) is 25.1 Å². The van der Waals surface area contributed by atoms with Gasteiger partial charge >= 0.3 is 0 Å². The molecule has 5 nitrogen and oxygen atoms in total. The largest absolute Gasteiger partial charge is 0.390 e. The SMILES string of the molecule is CC1c2c([nH]c3ccccc23)C(=O)C2C(O)CNC(=O)C12. The Morgan fingerprint density at radius 1 is 1.19 bits per heavy atom. The fourth-order valence-corrected chi connectivity index (χ4v) is 3.91. The number of H-pyrrole nitrogens is 1. The average molecular weight is 284 g/mol. The number of aliphatic hydroxyl groups is 1. The number of hydrogen-bond acceptors (Lipinski definition) is 3. The molecule has 4 unspecified atom stereocenters. The first kappa shape index (κ1) is 12.6. The lowest BCUT2D eigenvalue weighted by Crippen LogP contribution is -2.56. The Bertz CT molecular complexity index is 764. The number of β-amino-alcohol motifs (C(OH)–C–C–N with tert-alkyl or cyclic N) is 1. The van der Waals surface area contributed by atoms with Gasteiger partial charge in [0.1, 0.15) is 0 Å². The van der Waals surface area contributed by atoms with Crippen molar-refractivity contribution >= 4 is 22.6 Å². The van der Waals surface area contributed by atoms with Crippen molar-refractivity contribution in [1.82, 2.24) is 10.3 Å². The number of aromatic nitrogens is 1. The first-order chi connectivity index (χ1) is 10.1. The molecule has 1 aromatic heterocycles. The van der Waals surface area contributed by atoms with Crippen molar-refractivity contribution in [3.63, 3.8) is 0 Å². The number of benzene rings is 1. The summed E-state index contributed by atoms with van der Waals surface area (Å²) >= 11 is 0. The van der Waals surface area contributed by atoms with Gasteiger partial charge in [-0.15, -0.1) is 0 Å². The number of rotatable bonds is 0. The maximum absolute atomic E-state index is 12.8. The average Bonchev–Trinajstić information content (AvgIpc) is 2.87. The molecule has 4 rings (SSSR count). The van der Waals surface area contributed by atoms with Crippen molar-refractivity contribution < 1.29 is 14.7 Å². The lowest BCUT2D eigenvalue weighted by atomic mass is 9.66. The van der Waals surface area contributed by atoms with Crippen molar-refractivity contribution in [3.05, 3.63) is 35.5 Å². The number of carbonyl (C=O) groups excluding carboxylic acids is 2. The minimum Gasteiger partial charge on any atom is -0.390 e. The minimum absolute atomic E-state index is 0.103. The van der Waals surface area contributed by atoms with Gasteiger partial charge in [0, 0.05) is 17.4 Å². The number of carbonyl (C=O) groups is 2. The van der Waals surface area contributed by atoms with Gasteiger partial charge in [0.2, 0.25) is 5.91 Å². The highest BCUT2D eigenvalue weighted by Gasteiger charge is 2.50. The third-order valence-electron chi connectivity index (χ3n) is 4.88. The summed E-state index contributed by atoms with van der Waals surface area (Å²) in [6.07, 6.45) is -0.817. The molecular formula is C16H16N2O3. The topological polar surface area (TPSA) is 82.2 Å². The second-order valence-corrected chi connectivity index (χ2v) is 5.98. The van der Waals surface area contributed by atoms with E-state index in [9.17, 15) is 14.7 Å². The molecule has 1 aromatic carbocycles. The number of amides is 1. The summed E-state index contributed by atoms with van der Waals surface area (Å²) in [5.41, 5.74) is 2.36. The van der Waals surface area contributed by atoms with Crippen LogP contribution in [0.15, 0.2) is 24.3 Å². The second kappa shape index (κ2) is 4.18. The molecule has 108 valence electrons. The quantitative estimate of drug-likeness (QED) is 0.679. The summed E-state index contributed by atoms with van der Waals surface area (Å²) in [5, 5.41) is 13.8. The summed E-state index contributed by atoms with van der Waals surface area (Å²) in [5.74, 6) is -1.52. The van der Waals surface area contributed by atoms with Crippen LogP contribution in [-0.2, 0) is 4.79 Å². The summed E-state index contributed by atoms with van der Waals surface area (Å²) in [7, 11) is 0. The molecule has 0 saturated carbocycles. The molecule has 0 radical (unpaired) electrons. The Labute approximate surface area is 121 Å². The molecule has 1 fully saturated rings. The maximum atomic E-state index is 12.8. The Morgan fingerprint density at radius 3 is 2.76 bits per heavy atom. The molecule has 1 amide bonds. The highest BCUT2D eigenvalue weighted by Crippen LogP contribution is 2.45. The van der Waals surface area contributed by atoms with E-state index in [-0.39, 0.29) is 24.2 Å². The van der Waals surface area contributed by atoms with Crippen LogP contribution in [0.4, 0.5) is 0 Å². The van der Waals surface area contributed by atoms with E-state index < -0.39 is 17.9 Å². The molecule has 3 N–H and O–H groups in total. The predicted molar refractivity (Wildman–Crippen MR) is 77.0 cm³/mol. The van der Waals surface area contributed by atoms with Gasteiger partial charge in [0.25, 0.3) is 0 Å². The number of fused-ring (bicyclic) bond motifs is 4. The lowest BCUT2D eigenvalue weighted by Gasteiger charge is -2.40. The first-order valence-electron chi connectivity index (χ1n) is 7.20. The fraction of sp³-hybridized carbons (Fsp3) is 0.375. The van der Waals surface area contributed by atoms with E-state index in [1.54, 1.807) is 0 Å². The first-order valence-corrected chi connectivity index (χ1v) is 7.20. The number of Topliss-reactive ketones (excluding diaryl/α,β-unsaturated/α-hetero) is 1. The molecule has 2 aliphatic rings. The Hall–Kier alpha value is -2.14. The van der Waals surface area contributed by atoms with Crippen molar-refractivity contribution in [2.45, 2.75) is 18.9 Å². The highest BCUT2D eigenvalue weighted by molar-refractivity contribution is 6.08. The Balaban J connectivity index is 1.98. The smallest absolute Gasteiger partial charge is 0.224 e. The van der Waals surface area contributed by atoms with Gasteiger partial charge in [0.05, 0.1) is 23.6 Å². The third-order valence-corrected chi connectivity index (χ3v) is 4.88. The van der Waals surface area contributed by atoms with Gasteiger partial charge in [0.15, 0.2) is 5.78 Å². The van der Waals surface area contributed by atoms with E-state index in [4.69, 9.17) is 0 Å². The fourth-order valence-electron chi connectivity index (χ4n) is 3.91. The van der Waals surface area contributed by atoms with E-state index in [0.717, 1.165) is 16.5 Å².